The Morgan fingerprint density at radius 1 is 1.12 bits per heavy atom. The fourth-order valence-electron chi connectivity index (χ4n) is 2.88. The van der Waals surface area contributed by atoms with Gasteiger partial charge in [-0.15, -0.1) is 11.8 Å². The Hall–Kier alpha value is -2.14. The predicted octanol–water partition coefficient (Wildman–Crippen LogP) is 3.52. The van der Waals surface area contributed by atoms with Crippen molar-refractivity contribution in [2.75, 3.05) is 26.5 Å². The van der Waals surface area contributed by atoms with Gasteiger partial charge in [-0.25, -0.2) is 0 Å². The van der Waals surface area contributed by atoms with E-state index in [1.54, 1.807) is 26.0 Å². The molecular weight excluding hydrogens is 322 g/mol. The lowest BCUT2D eigenvalue weighted by molar-refractivity contribution is -0.128. The van der Waals surface area contributed by atoms with Gasteiger partial charge in [0, 0.05) is 12.1 Å². The number of methoxy groups -OCH3 is 2. The number of carbonyl (C=O) groups excluding carboxylic acids is 1. The quantitative estimate of drug-likeness (QED) is 0.804. The summed E-state index contributed by atoms with van der Waals surface area (Å²) < 4.78 is 10.8. The minimum atomic E-state index is -0.0359. The van der Waals surface area contributed by atoms with E-state index in [9.17, 15) is 4.79 Å². The second-order valence-electron chi connectivity index (χ2n) is 5.59. The Kier molecular flexibility index (Phi) is 5.30. The maximum Gasteiger partial charge on any atom is 0.233 e. The Bertz CT molecular complexity index is 705. The number of rotatable bonds is 6. The monoisotopic (exact) mass is 343 g/mol. The minimum absolute atomic E-state index is 0.0359. The van der Waals surface area contributed by atoms with Crippen LogP contribution < -0.4 is 9.47 Å². The standard InChI is InChI=1S/C19H21NO3S/c1-22-15-8-9-17(23-2)16(12-15)19-20(18(21)13-24-19)11-10-14-6-4-3-5-7-14/h3-9,12,19H,10-11,13H2,1-2H3. The number of carbonyl (C=O) groups is 1. The molecule has 0 aromatic heterocycles. The second-order valence-corrected chi connectivity index (χ2v) is 6.66. The highest BCUT2D eigenvalue weighted by Crippen LogP contribution is 2.43. The van der Waals surface area contributed by atoms with E-state index in [-0.39, 0.29) is 11.3 Å². The van der Waals surface area contributed by atoms with Crippen LogP contribution in [0.1, 0.15) is 16.5 Å². The molecule has 1 aliphatic heterocycles. The lowest BCUT2D eigenvalue weighted by Crippen LogP contribution is -2.30. The van der Waals surface area contributed by atoms with Gasteiger partial charge in [0.05, 0.1) is 20.0 Å². The molecule has 1 atom stereocenters. The summed E-state index contributed by atoms with van der Waals surface area (Å²) in [7, 11) is 3.30. The van der Waals surface area contributed by atoms with Crippen molar-refractivity contribution >= 4 is 17.7 Å². The van der Waals surface area contributed by atoms with Crippen molar-refractivity contribution in [1.29, 1.82) is 0 Å². The first kappa shape index (κ1) is 16.7. The number of thioether (sulfide) groups is 1. The third kappa shape index (κ3) is 3.51. The number of amides is 1. The van der Waals surface area contributed by atoms with Gasteiger partial charge >= 0.3 is 0 Å². The minimum Gasteiger partial charge on any atom is -0.497 e. The number of ether oxygens (including phenoxy) is 2. The third-order valence-electron chi connectivity index (χ3n) is 4.16. The van der Waals surface area contributed by atoms with Crippen LogP contribution in [0.5, 0.6) is 11.5 Å². The van der Waals surface area contributed by atoms with Gasteiger partial charge in [-0.05, 0) is 30.2 Å². The predicted molar refractivity (Wildman–Crippen MR) is 96.6 cm³/mol. The fraction of sp³-hybridized carbons (Fsp3) is 0.316. The molecule has 0 aliphatic carbocycles. The molecule has 1 saturated heterocycles. The average Bonchev–Trinajstić information content (AvgIpc) is 3.00. The zero-order valence-electron chi connectivity index (χ0n) is 13.9. The van der Waals surface area contributed by atoms with Crippen LogP contribution in [0, 0.1) is 0 Å². The zero-order chi connectivity index (χ0) is 16.9. The van der Waals surface area contributed by atoms with Gasteiger partial charge in [0.2, 0.25) is 5.91 Å². The molecule has 1 unspecified atom stereocenters. The summed E-state index contributed by atoms with van der Waals surface area (Å²) in [4.78, 5) is 14.3. The molecule has 5 heteroatoms. The molecule has 3 rings (SSSR count). The second kappa shape index (κ2) is 7.62. The summed E-state index contributed by atoms with van der Waals surface area (Å²) in [6.45, 7) is 0.695. The van der Waals surface area contributed by atoms with Gasteiger partial charge in [-0.1, -0.05) is 30.3 Å². The van der Waals surface area contributed by atoms with Crippen LogP contribution in [0.25, 0.3) is 0 Å². The molecule has 1 fully saturated rings. The molecule has 0 bridgehead atoms. The first-order valence-corrected chi connectivity index (χ1v) is 8.94. The highest BCUT2D eigenvalue weighted by Gasteiger charge is 2.34. The van der Waals surface area contributed by atoms with Crippen molar-refractivity contribution in [3.05, 3.63) is 59.7 Å². The molecule has 126 valence electrons. The fourth-order valence-corrected chi connectivity index (χ4v) is 4.11. The molecule has 0 N–H and O–H groups in total. The average molecular weight is 343 g/mol. The van der Waals surface area contributed by atoms with Crippen LogP contribution in [-0.4, -0.2) is 37.3 Å². The normalized spacial score (nSPS) is 17.2. The summed E-state index contributed by atoms with van der Waals surface area (Å²) in [5.41, 5.74) is 2.22. The molecule has 4 nitrogen and oxygen atoms in total. The Morgan fingerprint density at radius 3 is 2.62 bits per heavy atom. The summed E-state index contributed by atoms with van der Waals surface area (Å²) in [6.07, 6.45) is 0.843. The van der Waals surface area contributed by atoms with Gasteiger partial charge in [0.25, 0.3) is 0 Å². The third-order valence-corrected chi connectivity index (χ3v) is 5.39. The van der Waals surface area contributed by atoms with E-state index in [1.807, 2.05) is 41.3 Å². The van der Waals surface area contributed by atoms with Gasteiger partial charge in [-0.2, -0.15) is 0 Å². The van der Waals surface area contributed by atoms with Crippen molar-refractivity contribution in [1.82, 2.24) is 4.90 Å². The summed E-state index contributed by atoms with van der Waals surface area (Å²) in [5, 5.41) is -0.0359. The highest BCUT2D eigenvalue weighted by atomic mass is 32.2. The Labute approximate surface area is 146 Å². The van der Waals surface area contributed by atoms with Crippen molar-refractivity contribution in [2.24, 2.45) is 0 Å². The lowest BCUT2D eigenvalue weighted by atomic mass is 10.1. The summed E-state index contributed by atoms with van der Waals surface area (Å²) in [6, 6.07) is 16.0. The molecular formula is C19H21NO3S. The van der Waals surface area contributed by atoms with Crippen LogP contribution >= 0.6 is 11.8 Å². The molecule has 0 spiro atoms. The molecule has 0 radical (unpaired) electrons. The molecule has 2 aromatic rings. The topological polar surface area (TPSA) is 38.8 Å². The maximum absolute atomic E-state index is 12.4. The van der Waals surface area contributed by atoms with Crippen LogP contribution in [-0.2, 0) is 11.2 Å². The zero-order valence-corrected chi connectivity index (χ0v) is 14.7. The lowest BCUT2D eigenvalue weighted by Gasteiger charge is -2.26. The van der Waals surface area contributed by atoms with Crippen LogP contribution in [0.2, 0.25) is 0 Å². The largest absolute Gasteiger partial charge is 0.497 e. The van der Waals surface area contributed by atoms with Gasteiger partial charge in [0.15, 0.2) is 0 Å². The molecule has 1 aliphatic rings. The maximum atomic E-state index is 12.4. The van der Waals surface area contributed by atoms with E-state index in [4.69, 9.17) is 9.47 Å². The van der Waals surface area contributed by atoms with E-state index < -0.39 is 0 Å². The van der Waals surface area contributed by atoms with E-state index in [0.29, 0.717) is 12.3 Å². The SMILES string of the molecule is COc1ccc(OC)c(C2SCC(=O)N2CCc2ccccc2)c1. The Morgan fingerprint density at radius 2 is 1.92 bits per heavy atom. The van der Waals surface area contributed by atoms with E-state index in [0.717, 1.165) is 23.5 Å². The van der Waals surface area contributed by atoms with E-state index in [2.05, 4.69) is 12.1 Å². The van der Waals surface area contributed by atoms with Gasteiger partial charge < -0.3 is 14.4 Å². The summed E-state index contributed by atoms with van der Waals surface area (Å²) >= 11 is 1.64. The van der Waals surface area contributed by atoms with Crippen LogP contribution in [0.4, 0.5) is 0 Å². The smallest absolute Gasteiger partial charge is 0.233 e. The molecule has 0 saturated carbocycles. The van der Waals surface area contributed by atoms with Gasteiger partial charge in [-0.3, -0.25) is 4.79 Å². The first-order valence-electron chi connectivity index (χ1n) is 7.90. The molecule has 24 heavy (non-hydrogen) atoms. The van der Waals surface area contributed by atoms with E-state index >= 15 is 0 Å². The van der Waals surface area contributed by atoms with Gasteiger partial charge in [0.1, 0.15) is 16.9 Å². The van der Waals surface area contributed by atoms with Crippen molar-refractivity contribution in [3.63, 3.8) is 0 Å². The molecule has 2 aromatic carbocycles. The number of hydrogen-bond donors (Lipinski definition) is 0. The van der Waals surface area contributed by atoms with E-state index in [1.165, 1.54) is 5.56 Å². The summed E-state index contributed by atoms with van der Waals surface area (Å²) in [5.74, 6) is 2.23. The van der Waals surface area contributed by atoms with Crippen molar-refractivity contribution in [2.45, 2.75) is 11.8 Å². The van der Waals surface area contributed by atoms with Crippen molar-refractivity contribution in [3.8, 4) is 11.5 Å². The number of benzene rings is 2. The molecule has 1 heterocycles. The first-order chi connectivity index (χ1) is 11.7. The van der Waals surface area contributed by atoms with Crippen LogP contribution in [0.15, 0.2) is 48.5 Å². The van der Waals surface area contributed by atoms with Crippen LogP contribution in [0.3, 0.4) is 0 Å². The highest BCUT2D eigenvalue weighted by molar-refractivity contribution is 8.00. The number of hydrogen-bond acceptors (Lipinski definition) is 4. The Balaban J connectivity index is 1.82. The van der Waals surface area contributed by atoms with Crippen molar-refractivity contribution < 1.29 is 14.3 Å². The molecule has 1 amide bonds. The number of nitrogens with zero attached hydrogens (tertiary/aromatic N) is 1.